The lowest BCUT2D eigenvalue weighted by molar-refractivity contribution is -0.140. The Hall–Kier alpha value is -2.37. The van der Waals surface area contributed by atoms with Gasteiger partial charge in [-0.3, -0.25) is 9.59 Å². The molecule has 0 aliphatic carbocycles. The number of anilines is 1. The van der Waals surface area contributed by atoms with Gasteiger partial charge in [0.05, 0.1) is 0 Å². The number of rotatable bonds is 5. The molecule has 0 heterocycles. The Kier molecular flexibility index (Phi) is 5.46. The molecule has 1 rings (SSSR count). The van der Waals surface area contributed by atoms with E-state index in [-0.39, 0.29) is 11.8 Å². The molecule has 2 amide bonds. The third-order valence-electron chi connectivity index (χ3n) is 3.11. The van der Waals surface area contributed by atoms with Gasteiger partial charge in [0, 0.05) is 18.2 Å². The molecule has 0 fully saturated rings. The van der Waals surface area contributed by atoms with E-state index in [4.69, 9.17) is 5.11 Å². The second-order valence-corrected chi connectivity index (χ2v) is 5.19. The van der Waals surface area contributed by atoms with Crippen molar-refractivity contribution < 1.29 is 19.5 Å². The molecule has 1 aromatic carbocycles. The Morgan fingerprint density at radius 3 is 2.29 bits per heavy atom. The molecule has 1 atom stereocenters. The van der Waals surface area contributed by atoms with Crippen molar-refractivity contribution in [3.63, 3.8) is 0 Å². The number of carboxylic acids is 1. The normalized spacial score (nSPS) is 11.9. The van der Waals surface area contributed by atoms with Gasteiger partial charge in [-0.15, -0.1) is 0 Å². The van der Waals surface area contributed by atoms with E-state index in [1.165, 1.54) is 6.92 Å². The van der Waals surface area contributed by atoms with Gasteiger partial charge in [-0.25, -0.2) is 4.79 Å². The van der Waals surface area contributed by atoms with Crippen LogP contribution >= 0.6 is 0 Å². The number of carboxylic acid groups (broad SMARTS) is 1. The third kappa shape index (κ3) is 4.30. The Morgan fingerprint density at radius 1 is 1.19 bits per heavy atom. The number of carbonyl (C=O) groups excluding carboxylic acids is 2. The van der Waals surface area contributed by atoms with Crippen LogP contribution in [-0.2, 0) is 9.59 Å². The highest BCUT2D eigenvalue weighted by Crippen LogP contribution is 2.19. The van der Waals surface area contributed by atoms with Crippen LogP contribution in [0.5, 0.6) is 0 Å². The number of carbonyl (C=O) groups is 3. The summed E-state index contributed by atoms with van der Waals surface area (Å²) in [4.78, 5) is 34.5. The zero-order valence-corrected chi connectivity index (χ0v) is 12.6. The summed E-state index contributed by atoms with van der Waals surface area (Å²) in [5.41, 5.74) is 1.47. The zero-order valence-electron chi connectivity index (χ0n) is 12.6. The van der Waals surface area contributed by atoms with E-state index >= 15 is 0 Å². The van der Waals surface area contributed by atoms with Crippen molar-refractivity contribution in [3.8, 4) is 0 Å². The van der Waals surface area contributed by atoms with Crippen LogP contribution in [0.3, 0.4) is 0 Å². The number of hydrogen-bond acceptors (Lipinski definition) is 3. The highest BCUT2D eigenvalue weighted by molar-refractivity contribution is 6.00. The maximum absolute atomic E-state index is 12.2. The summed E-state index contributed by atoms with van der Waals surface area (Å²) < 4.78 is 0. The summed E-state index contributed by atoms with van der Waals surface area (Å²) in [7, 11) is 0. The quantitative estimate of drug-likeness (QED) is 0.771. The van der Waals surface area contributed by atoms with E-state index in [0.717, 1.165) is 0 Å². The van der Waals surface area contributed by atoms with Crippen LogP contribution in [0, 0.1) is 12.8 Å². The first-order chi connectivity index (χ1) is 9.73. The molecule has 0 saturated carbocycles. The van der Waals surface area contributed by atoms with Crippen molar-refractivity contribution >= 4 is 23.5 Å². The Morgan fingerprint density at radius 2 is 1.81 bits per heavy atom. The SMILES string of the molecule is CC(=O)Nc1cccc(C(=O)N[C@H](C(=O)O)C(C)C)c1C. The standard InChI is InChI=1S/C15H20N2O4/c1-8(2)13(15(20)21)17-14(19)11-6-5-7-12(9(11)3)16-10(4)18/h5-8,13H,1-4H3,(H,16,18)(H,17,19)(H,20,21)/t13-/m0/s1. The van der Waals surface area contributed by atoms with Crippen molar-refractivity contribution in [1.82, 2.24) is 5.32 Å². The second kappa shape index (κ2) is 6.88. The third-order valence-corrected chi connectivity index (χ3v) is 3.11. The molecule has 114 valence electrons. The fourth-order valence-electron chi connectivity index (χ4n) is 1.94. The minimum Gasteiger partial charge on any atom is -0.480 e. The van der Waals surface area contributed by atoms with Crippen LogP contribution in [-0.4, -0.2) is 28.9 Å². The summed E-state index contributed by atoms with van der Waals surface area (Å²) >= 11 is 0. The summed E-state index contributed by atoms with van der Waals surface area (Å²) in [6.45, 7) is 6.52. The summed E-state index contributed by atoms with van der Waals surface area (Å²) in [6.07, 6.45) is 0. The number of aliphatic carboxylic acids is 1. The monoisotopic (exact) mass is 292 g/mol. The van der Waals surface area contributed by atoms with Crippen LogP contribution in [0.4, 0.5) is 5.69 Å². The predicted octanol–water partition coefficient (Wildman–Crippen LogP) is 1.79. The maximum Gasteiger partial charge on any atom is 0.326 e. The van der Waals surface area contributed by atoms with Crippen LogP contribution in [0.25, 0.3) is 0 Å². The van der Waals surface area contributed by atoms with Crippen LogP contribution in [0.1, 0.15) is 36.7 Å². The molecule has 6 nitrogen and oxygen atoms in total. The summed E-state index contributed by atoms with van der Waals surface area (Å²) in [5.74, 6) is -2.01. The second-order valence-electron chi connectivity index (χ2n) is 5.19. The van der Waals surface area contributed by atoms with E-state index in [1.807, 2.05) is 0 Å². The molecule has 3 N–H and O–H groups in total. The summed E-state index contributed by atoms with van der Waals surface area (Å²) in [6, 6.07) is 3.96. The topological polar surface area (TPSA) is 95.5 Å². The molecule has 21 heavy (non-hydrogen) atoms. The largest absolute Gasteiger partial charge is 0.480 e. The molecule has 6 heteroatoms. The van der Waals surface area contributed by atoms with Crippen LogP contribution < -0.4 is 10.6 Å². The minimum atomic E-state index is -1.07. The number of hydrogen-bond donors (Lipinski definition) is 3. The van der Waals surface area contributed by atoms with Crippen molar-refractivity contribution in [2.24, 2.45) is 5.92 Å². The highest BCUT2D eigenvalue weighted by Gasteiger charge is 2.24. The first-order valence-electron chi connectivity index (χ1n) is 6.65. The Labute approximate surface area is 123 Å². The van der Waals surface area contributed by atoms with Gasteiger partial charge in [-0.1, -0.05) is 19.9 Å². The van der Waals surface area contributed by atoms with Crippen molar-refractivity contribution in [1.29, 1.82) is 0 Å². The van der Waals surface area contributed by atoms with Gasteiger partial charge in [0.25, 0.3) is 5.91 Å². The molecule has 1 aromatic rings. The molecule has 0 saturated heterocycles. The maximum atomic E-state index is 12.2. The van der Waals surface area contributed by atoms with Crippen LogP contribution in [0.2, 0.25) is 0 Å². The van der Waals surface area contributed by atoms with Gasteiger partial charge < -0.3 is 15.7 Å². The average Bonchev–Trinajstić information content (AvgIpc) is 2.36. The summed E-state index contributed by atoms with van der Waals surface area (Å²) in [5, 5.41) is 14.2. The van der Waals surface area contributed by atoms with E-state index in [2.05, 4.69) is 10.6 Å². The zero-order chi connectivity index (χ0) is 16.2. The molecule has 0 radical (unpaired) electrons. The molecule has 0 spiro atoms. The first-order valence-corrected chi connectivity index (χ1v) is 6.65. The molecule has 0 bridgehead atoms. The lowest BCUT2D eigenvalue weighted by Gasteiger charge is -2.19. The van der Waals surface area contributed by atoms with Crippen molar-refractivity contribution in [2.75, 3.05) is 5.32 Å². The number of amides is 2. The average molecular weight is 292 g/mol. The van der Waals surface area contributed by atoms with E-state index < -0.39 is 17.9 Å². The van der Waals surface area contributed by atoms with Gasteiger partial charge in [-0.2, -0.15) is 0 Å². The van der Waals surface area contributed by atoms with Crippen molar-refractivity contribution in [2.45, 2.75) is 33.7 Å². The molecule has 0 aliphatic heterocycles. The molecule has 0 aliphatic rings. The predicted molar refractivity (Wildman–Crippen MR) is 79.2 cm³/mol. The van der Waals surface area contributed by atoms with Crippen molar-refractivity contribution in [3.05, 3.63) is 29.3 Å². The molecule has 0 aromatic heterocycles. The smallest absolute Gasteiger partial charge is 0.326 e. The Balaban J connectivity index is 3.02. The van der Waals surface area contributed by atoms with Crippen LogP contribution in [0.15, 0.2) is 18.2 Å². The first kappa shape index (κ1) is 16.7. The van der Waals surface area contributed by atoms with E-state index in [1.54, 1.807) is 39.0 Å². The lowest BCUT2D eigenvalue weighted by atomic mass is 10.0. The molecular weight excluding hydrogens is 272 g/mol. The van der Waals surface area contributed by atoms with Gasteiger partial charge in [0.2, 0.25) is 5.91 Å². The van der Waals surface area contributed by atoms with Gasteiger partial charge in [0.1, 0.15) is 6.04 Å². The minimum absolute atomic E-state index is 0.231. The van der Waals surface area contributed by atoms with E-state index in [0.29, 0.717) is 16.8 Å². The van der Waals surface area contributed by atoms with Gasteiger partial charge in [0.15, 0.2) is 0 Å². The number of benzene rings is 1. The highest BCUT2D eigenvalue weighted by atomic mass is 16.4. The van der Waals surface area contributed by atoms with Gasteiger partial charge in [-0.05, 0) is 30.5 Å². The van der Waals surface area contributed by atoms with E-state index in [9.17, 15) is 14.4 Å². The fraction of sp³-hybridized carbons (Fsp3) is 0.400. The molecule has 0 unspecified atom stereocenters. The van der Waals surface area contributed by atoms with Gasteiger partial charge >= 0.3 is 5.97 Å². The molecular formula is C15H20N2O4. The Bertz CT molecular complexity index is 567. The fourth-order valence-corrected chi connectivity index (χ4v) is 1.94. The lowest BCUT2D eigenvalue weighted by Crippen LogP contribution is -2.44. The number of nitrogens with one attached hydrogen (secondary N) is 2.